The van der Waals surface area contributed by atoms with Crippen LogP contribution in [-0.2, 0) is 17.6 Å². The van der Waals surface area contributed by atoms with Crippen molar-refractivity contribution in [3.8, 4) is 11.1 Å². The Hall–Kier alpha value is -2.44. The fraction of sp³-hybridized carbons (Fsp3) is 0.182. The highest BCUT2D eigenvalue weighted by Crippen LogP contribution is 2.37. The van der Waals surface area contributed by atoms with Crippen LogP contribution in [-0.4, -0.2) is 17.0 Å². The van der Waals surface area contributed by atoms with E-state index in [4.69, 9.17) is 0 Å². The van der Waals surface area contributed by atoms with E-state index in [1.165, 1.54) is 22.5 Å². The fourth-order valence-electron chi connectivity index (χ4n) is 3.64. The largest absolute Gasteiger partial charge is 0.478 e. The SMILES string of the molecule is O=C(O)c1c(-c2ccc(Br)cc2)csc1NC(=O)C1CCc2ccccc2C1. The Bertz CT molecular complexity index is 1040. The van der Waals surface area contributed by atoms with Gasteiger partial charge in [0.1, 0.15) is 10.6 Å². The lowest BCUT2D eigenvalue weighted by atomic mass is 9.83. The van der Waals surface area contributed by atoms with Gasteiger partial charge >= 0.3 is 5.97 Å². The van der Waals surface area contributed by atoms with Crippen LogP contribution in [0.2, 0.25) is 0 Å². The molecule has 1 atom stereocenters. The second-order valence-corrected chi connectivity index (χ2v) is 8.66. The number of aromatic carboxylic acids is 1. The third kappa shape index (κ3) is 3.75. The molecule has 2 aromatic carbocycles. The summed E-state index contributed by atoms with van der Waals surface area (Å²) in [6.07, 6.45) is 2.33. The molecular weight excluding hydrogens is 438 g/mol. The molecule has 4 nitrogen and oxygen atoms in total. The third-order valence-corrected chi connectivity index (χ3v) is 6.54. The van der Waals surface area contributed by atoms with Crippen molar-refractivity contribution in [1.82, 2.24) is 0 Å². The number of fused-ring (bicyclic) bond motifs is 1. The van der Waals surface area contributed by atoms with E-state index in [0.717, 1.165) is 22.9 Å². The van der Waals surface area contributed by atoms with E-state index in [0.29, 0.717) is 17.0 Å². The van der Waals surface area contributed by atoms with Gasteiger partial charge in [-0.3, -0.25) is 4.79 Å². The maximum Gasteiger partial charge on any atom is 0.339 e. The lowest BCUT2D eigenvalue weighted by molar-refractivity contribution is -0.120. The van der Waals surface area contributed by atoms with Crippen LogP contribution in [0.4, 0.5) is 5.00 Å². The van der Waals surface area contributed by atoms with E-state index in [2.05, 4.69) is 33.4 Å². The van der Waals surface area contributed by atoms with Crippen LogP contribution >= 0.6 is 27.3 Å². The summed E-state index contributed by atoms with van der Waals surface area (Å²) in [4.78, 5) is 24.8. The van der Waals surface area contributed by atoms with Crippen molar-refractivity contribution >= 4 is 44.1 Å². The Labute approximate surface area is 175 Å². The van der Waals surface area contributed by atoms with Gasteiger partial charge in [-0.05, 0) is 48.1 Å². The van der Waals surface area contributed by atoms with E-state index in [-0.39, 0.29) is 17.4 Å². The predicted molar refractivity (Wildman–Crippen MR) is 115 cm³/mol. The third-order valence-electron chi connectivity index (χ3n) is 5.11. The molecular formula is C22H18BrNO3S. The number of aryl methyl sites for hydroxylation is 1. The summed E-state index contributed by atoms with van der Waals surface area (Å²) >= 11 is 4.65. The monoisotopic (exact) mass is 455 g/mol. The Morgan fingerprint density at radius 3 is 2.50 bits per heavy atom. The Balaban J connectivity index is 1.57. The molecule has 0 spiro atoms. The molecule has 0 saturated heterocycles. The van der Waals surface area contributed by atoms with Gasteiger partial charge in [0.05, 0.1) is 0 Å². The molecule has 1 aromatic heterocycles. The normalized spacial score (nSPS) is 15.7. The number of carboxylic acids is 1. The molecule has 3 aromatic rings. The topological polar surface area (TPSA) is 66.4 Å². The first-order valence-electron chi connectivity index (χ1n) is 9.01. The second-order valence-electron chi connectivity index (χ2n) is 6.86. The number of rotatable bonds is 4. The minimum atomic E-state index is -1.04. The molecule has 28 heavy (non-hydrogen) atoms. The summed E-state index contributed by atoms with van der Waals surface area (Å²) in [6, 6.07) is 15.7. The number of carboxylic acid groups (broad SMARTS) is 1. The molecule has 1 aliphatic carbocycles. The minimum Gasteiger partial charge on any atom is -0.478 e. The minimum absolute atomic E-state index is 0.110. The predicted octanol–water partition coefficient (Wildman–Crippen LogP) is 5.62. The average molecular weight is 456 g/mol. The molecule has 1 unspecified atom stereocenters. The van der Waals surface area contributed by atoms with Crippen molar-refractivity contribution < 1.29 is 14.7 Å². The Morgan fingerprint density at radius 1 is 1.07 bits per heavy atom. The van der Waals surface area contributed by atoms with Gasteiger partial charge in [0.25, 0.3) is 0 Å². The molecule has 6 heteroatoms. The van der Waals surface area contributed by atoms with Crippen LogP contribution in [0.25, 0.3) is 11.1 Å². The van der Waals surface area contributed by atoms with Crippen LogP contribution in [0.15, 0.2) is 58.4 Å². The quantitative estimate of drug-likeness (QED) is 0.536. The highest BCUT2D eigenvalue weighted by Gasteiger charge is 2.27. The summed E-state index contributed by atoms with van der Waals surface area (Å²) < 4.78 is 0.925. The first-order valence-corrected chi connectivity index (χ1v) is 10.7. The summed E-state index contributed by atoms with van der Waals surface area (Å²) in [5.41, 5.74) is 4.08. The van der Waals surface area contributed by atoms with Crippen molar-refractivity contribution in [3.63, 3.8) is 0 Å². The van der Waals surface area contributed by atoms with E-state index in [1.807, 2.05) is 36.4 Å². The number of halogens is 1. The number of carbonyl (C=O) groups is 2. The Morgan fingerprint density at radius 2 is 1.79 bits per heavy atom. The van der Waals surface area contributed by atoms with E-state index < -0.39 is 5.97 Å². The van der Waals surface area contributed by atoms with E-state index in [1.54, 1.807) is 5.38 Å². The van der Waals surface area contributed by atoms with Gasteiger partial charge in [-0.15, -0.1) is 11.3 Å². The molecule has 2 N–H and O–H groups in total. The molecule has 1 heterocycles. The highest BCUT2D eigenvalue weighted by molar-refractivity contribution is 9.10. The number of hydrogen-bond acceptors (Lipinski definition) is 3. The maximum atomic E-state index is 12.8. The zero-order valence-electron chi connectivity index (χ0n) is 14.9. The van der Waals surface area contributed by atoms with Gasteiger partial charge in [-0.1, -0.05) is 52.3 Å². The summed E-state index contributed by atoms with van der Waals surface area (Å²) in [7, 11) is 0. The molecule has 142 valence electrons. The molecule has 0 bridgehead atoms. The standard InChI is InChI=1S/C22H18BrNO3S/c23-17-9-7-14(8-10-17)18-12-28-21(19(18)22(26)27)24-20(25)16-6-5-13-3-1-2-4-15(13)11-16/h1-4,7-10,12,16H,5-6,11H2,(H,24,25)(H,26,27). The number of benzene rings is 2. The smallest absolute Gasteiger partial charge is 0.339 e. The van der Waals surface area contributed by atoms with Crippen LogP contribution < -0.4 is 5.32 Å². The van der Waals surface area contributed by atoms with Gasteiger partial charge in [-0.25, -0.2) is 4.79 Å². The van der Waals surface area contributed by atoms with Gasteiger partial charge in [-0.2, -0.15) is 0 Å². The van der Waals surface area contributed by atoms with Crippen molar-refractivity contribution in [2.45, 2.75) is 19.3 Å². The van der Waals surface area contributed by atoms with Gasteiger partial charge in [0.2, 0.25) is 5.91 Å². The summed E-state index contributed by atoms with van der Waals surface area (Å²) in [6.45, 7) is 0. The van der Waals surface area contributed by atoms with Crippen molar-refractivity contribution in [2.24, 2.45) is 5.92 Å². The van der Waals surface area contributed by atoms with Gasteiger partial charge in [0, 0.05) is 21.3 Å². The number of thiophene rings is 1. The average Bonchev–Trinajstić information content (AvgIpc) is 3.12. The summed E-state index contributed by atoms with van der Waals surface area (Å²) in [5, 5.41) is 14.8. The molecule has 0 fully saturated rings. The number of hydrogen-bond donors (Lipinski definition) is 2. The maximum absolute atomic E-state index is 12.8. The molecule has 4 rings (SSSR count). The first kappa shape index (κ1) is 18.9. The lowest BCUT2D eigenvalue weighted by Gasteiger charge is -2.23. The van der Waals surface area contributed by atoms with Crippen LogP contribution in [0.3, 0.4) is 0 Å². The molecule has 1 amide bonds. The van der Waals surface area contributed by atoms with E-state index in [9.17, 15) is 14.7 Å². The van der Waals surface area contributed by atoms with Gasteiger partial charge < -0.3 is 10.4 Å². The first-order chi connectivity index (χ1) is 13.5. The van der Waals surface area contributed by atoms with Crippen LogP contribution in [0, 0.1) is 5.92 Å². The number of nitrogens with one attached hydrogen (secondary N) is 1. The molecule has 1 aliphatic rings. The van der Waals surface area contributed by atoms with Crippen molar-refractivity contribution in [2.75, 3.05) is 5.32 Å². The second kappa shape index (κ2) is 7.89. The molecule has 0 radical (unpaired) electrons. The van der Waals surface area contributed by atoms with Gasteiger partial charge in [0.15, 0.2) is 0 Å². The van der Waals surface area contributed by atoms with Crippen molar-refractivity contribution in [3.05, 3.63) is 75.1 Å². The van der Waals surface area contributed by atoms with Crippen LogP contribution in [0.1, 0.15) is 27.9 Å². The molecule has 0 saturated carbocycles. The van der Waals surface area contributed by atoms with Crippen molar-refractivity contribution in [1.29, 1.82) is 0 Å². The van der Waals surface area contributed by atoms with Crippen LogP contribution in [0.5, 0.6) is 0 Å². The molecule has 0 aliphatic heterocycles. The lowest BCUT2D eigenvalue weighted by Crippen LogP contribution is -2.28. The van der Waals surface area contributed by atoms with E-state index >= 15 is 0 Å². The zero-order chi connectivity index (χ0) is 19.7. The zero-order valence-corrected chi connectivity index (χ0v) is 17.3. The Kier molecular flexibility index (Phi) is 5.33. The summed E-state index contributed by atoms with van der Waals surface area (Å²) in [5.74, 6) is -1.29. The highest BCUT2D eigenvalue weighted by atomic mass is 79.9. The number of anilines is 1. The number of amides is 1. The fourth-order valence-corrected chi connectivity index (χ4v) is 4.87. The number of carbonyl (C=O) groups excluding carboxylic acids is 1.